The third kappa shape index (κ3) is 5.02. The van der Waals surface area contributed by atoms with Crippen LogP contribution in [0, 0.1) is 17.7 Å². The molecule has 2 heterocycles. The maximum Gasteiger partial charge on any atom is 0.246 e. The van der Waals surface area contributed by atoms with Crippen LogP contribution >= 0.6 is 0 Å². The number of carbonyl (C=O) groups is 1. The summed E-state index contributed by atoms with van der Waals surface area (Å²) < 4.78 is 24.5. The van der Waals surface area contributed by atoms with Crippen molar-refractivity contribution in [2.24, 2.45) is 0 Å². The van der Waals surface area contributed by atoms with Gasteiger partial charge in [0.2, 0.25) is 11.9 Å². The van der Waals surface area contributed by atoms with Crippen LogP contribution in [0.15, 0.2) is 37.1 Å². The predicted octanol–water partition coefficient (Wildman–Crippen LogP) is 2.23. The van der Waals surface area contributed by atoms with Crippen molar-refractivity contribution in [1.29, 1.82) is 0 Å². The van der Waals surface area contributed by atoms with E-state index in [0.717, 1.165) is 12.6 Å². The summed E-state index contributed by atoms with van der Waals surface area (Å²) >= 11 is 0. The Morgan fingerprint density at radius 2 is 2.03 bits per heavy atom. The molecule has 3 rings (SSSR count). The Morgan fingerprint density at radius 3 is 2.69 bits per heavy atom. The number of benzene rings is 1. The van der Waals surface area contributed by atoms with E-state index in [4.69, 9.17) is 9.47 Å². The molecular weight excluding hydrogens is 375 g/mol. The van der Waals surface area contributed by atoms with Crippen LogP contribution in [0.1, 0.15) is 17.7 Å². The van der Waals surface area contributed by atoms with Crippen molar-refractivity contribution >= 4 is 11.9 Å². The van der Waals surface area contributed by atoms with Gasteiger partial charge in [-0.2, -0.15) is 0 Å². The largest absolute Gasteiger partial charge is 0.497 e. The van der Waals surface area contributed by atoms with E-state index in [1.807, 2.05) is 0 Å². The summed E-state index contributed by atoms with van der Waals surface area (Å²) in [6.07, 6.45) is 3.11. The average molecular weight is 396 g/mol. The molecule has 8 heteroatoms. The average Bonchev–Trinajstić information content (AvgIpc) is 3.21. The second kappa shape index (κ2) is 9.06. The van der Waals surface area contributed by atoms with Crippen LogP contribution in [0.5, 0.6) is 11.5 Å². The van der Waals surface area contributed by atoms with Gasteiger partial charge in [0.15, 0.2) is 11.5 Å². The zero-order chi connectivity index (χ0) is 20.8. The maximum absolute atomic E-state index is 14.1. The molecule has 0 radical (unpaired) electrons. The molecular formula is C21H21FN4O3. The molecule has 0 spiro atoms. The highest BCUT2D eigenvalue weighted by atomic mass is 19.1. The number of halogens is 1. The van der Waals surface area contributed by atoms with E-state index >= 15 is 0 Å². The fraction of sp³-hybridized carbons (Fsp3) is 0.286. The molecule has 0 bridgehead atoms. The molecule has 1 unspecified atom stereocenters. The monoisotopic (exact) mass is 396 g/mol. The van der Waals surface area contributed by atoms with Crippen LogP contribution in [0.25, 0.3) is 0 Å². The molecule has 150 valence electrons. The van der Waals surface area contributed by atoms with Crippen LogP contribution in [-0.2, 0) is 4.79 Å². The third-order valence-electron chi connectivity index (χ3n) is 4.43. The van der Waals surface area contributed by atoms with Gasteiger partial charge in [0.1, 0.15) is 11.5 Å². The summed E-state index contributed by atoms with van der Waals surface area (Å²) in [5.74, 6) is 6.29. The highest BCUT2D eigenvalue weighted by molar-refractivity contribution is 5.87. The quantitative estimate of drug-likeness (QED) is 0.617. The number of likely N-dealkylation sites (tertiary alicyclic amines) is 1. The summed E-state index contributed by atoms with van der Waals surface area (Å²) in [6.45, 7) is 4.62. The van der Waals surface area contributed by atoms with Gasteiger partial charge in [0.05, 0.1) is 20.4 Å². The Balaban J connectivity index is 1.76. The molecule has 1 aromatic carbocycles. The minimum atomic E-state index is -0.618. The summed E-state index contributed by atoms with van der Waals surface area (Å²) in [6, 6.07) is 5.14. The number of anilines is 1. The van der Waals surface area contributed by atoms with Gasteiger partial charge in [-0.05, 0) is 30.6 Å². The Kier molecular flexibility index (Phi) is 6.29. The van der Waals surface area contributed by atoms with Crippen LogP contribution in [-0.4, -0.2) is 54.1 Å². The number of amides is 1. The molecule has 7 nitrogen and oxygen atoms in total. The van der Waals surface area contributed by atoms with E-state index in [9.17, 15) is 9.18 Å². The summed E-state index contributed by atoms with van der Waals surface area (Å²) in [5, 5.41) is 3.13. The predicted molar refractivity (Wildman–Crippen MR) is 106 cm³/mol. The van der Waals surface area contributed by atoms with Crippen LogP contribution in [0.3, 0.4) is 0 Å². The molecule has 1 aromatic heterocycles. The van der Waals surface area contributed by atoms with Crippen molar-refractivity contribution in [2.75, 3.05) is 32.6 Å². The molecule has 0 saturated carbocycles. The molecule has 1 aliphatic heterocycles. The van der Waals surface area contributed by atoms with Gasteiger partial charge >= 0.3 is 0 Å². The van der Waals surface area contributed by atoms with E-state index in [-0.39, 0.29) is 23.6 Å². The molecule has 1 aliphatic rings. The normalized spacial score (nSPS) is 15.3. The van der Waals surface area contributed by atoms with Crippen molar-refractivity contribution in [3.8, 4) is 23.3 Å². The van der Waals surface area contributed by atoms with E-state index in [1.165, 1.54) is 6.08 Å². The molecule has 1 N–H and O–H groups in total. The molecule has 29 heavy (non-hydrogen) atoms. The standard InChI is InChI=1S/C21H21FN4O3/c1-4-20(27)26-8-7-15(13-26)24-21-23-12-18(22)19(25-21)6-5-14-9-16(28-2)11-17(10-14)29-3/h4,9-12,15H,1,7-8,13H2,2-3H3,(H,23,24,25). The van der Waals surface area contributed by atoms with Gasteiger partial charge in [-0.15, -0.1) is 0 Å². The topological polar surface area (TPSA) is 76.6 Å². The fourth-order valence-corrected chi connectivity index (χ4v) is 2.93. The van der Waals surface area contributed by atoms with E-state index in [1.54, 1.807) is 37.3 Å². The van der Waals surface area contributed by atoms with Gasteiger partial charge < -0.3 is 19.7 Å². The van der Waals surface area contributed by atoms with E-state index in [2.05, 4.69) is 33.7 Å². The summed E-state index contributed by atoms with van der Waals surface area (Å²) in [7, 11) is 3.08. The van der Waals surface area contributed by atoms with Crippen LogP contribution < -0.4 is 14.8 Å². The minimum Gasteiger partial charge on any atom is -0.497 e. The maximum atomic E-state index is 14.1. The second-order valence-electron chi connectivity index (χ2n) is 6.36. The Hall–Kier alpha value is -3.60. The number of nitrogens with one attached hydrogen (secondary N) is 1. The molecule has 1 atom stereocenters. The number of aromatic nitrogens is 2. The van der Waals surface area contributed by atoms with Crippen LogP contribution in [0.2, 0.25) is 0 Å². The lowest BCUT2D eigenvalue weighted by Crippen LogP contribution is -2.30. The molecule has 1 fully saturated rings. The first-order chi connectivity index (χ1) is 14.0. The van der Waals surface area contributed by atoms with E-state index in [0.29, 0.717) is 30.2 Å². The van der Waals surface area contributed by atoms with Gasteiger partial charge in [0.25, 0.3) is 0 Å². The SMILES string of the molecule is C=CC(=O)N1CCC(Nc2ncc(F)c(C#Cc3cc(OC)cc(OC)c3)n2)C1. The smallest absolute Gasteiger partial charge is 0.246 e. The number of carbonyl (C=O) groups excluding carboxylic acids is 1. The third-order valence-corrected chi connectivity index (χ3v) is 4.43. The second-order valence-corrected chi connectivity index (χ2v) is 6.36. The Morgan fingerprint density at radius 1 is 1.31 bits per heavy atom. The fourth-order valence-electron chi connectivity index (χ4n) is 2.93. The number of methoxy groups -OCH3 is 2. The van der Waals surface area contributed by atoms with Crippen molar-refractivity contribution in [2.45, 2.75) is 12.5 Å². The van der Waals surface area contributed by atoms with Gasteiger partial charge in [0, 0.05) is 30.8 Å². The molecule has 0 aliphatic carbocycles. The number of nitrogens with zero attached hydrogens (tertiary/aromatic N) is 3. The number of hydrogen-bond acceptors (Lipinski definition) is 6. The number of rotatable bonds is 5. The highest BCUT2D eigenvalue weighted by Gasteiger charge is 2.25. The van der Waals surface area contributed by atoms with Gasteiger partial charge in [-0.25, -0.2) is 14.4 Å². The first-order valence-electron chi connectivity index (χ1n) is 8.98. The lowest BCUT2D eigenvalue weighted by Gasteiger charge is -2.15. The van der Waals surface area contributed by atoms with Crippen molar-refractivity contribution in [3.05, 3.63) is 54.1 Å². The van der Waals surface area contributed by atoms with Gasteiger partial charge in [-0.1, -0.05) is 12.5 Å². The molecule has 1 amide bonds. The first kappa shape index (κ1) is 20.1. The lowest BCUT2D eigenvalue weighted by molar-refractivity contribution is -0.125. The Labute approximate surface area is 168 Å². The molecule has 1 saturated heterocycles. The Bertz CT molecular complexity index is 961. The summed E-state index contributed by atoms with van der Waals surface area (Å²) in [4.78, 5) is 21.5. The number of ether oxygens (including phenoxy) is 2. The summed E-state index contributed by atoms with van der Waals surface area (Å²) in [5.41, 5.74) is 0.574. The molecule has 2 aromatic rings. The van der Waals surface area contributed by atoms with E-state index < -0.39 is 5.82 Å². The zero-order valence-corrected chi connectivity index (χ0v) is 16.2. The van der Waals surface area contributed by atoms with Crippen molar-refractivity contribution in [1.82, 2.24) is 14.9 Å². The van der Waals surface area contributed by atoms with Crippen molar-refractivity contribution < 1.29 is 18.7 Å². The van der Waals surface area contributed by atoms with Gasteiger partial charge in [-0.3, -0.25) is 4.79 Å². The zero-order valence-electron chi connectivity index (χ0n) is 16.2. The minimum absolute atomic E-state index is 0.0205. The highest BCUT2D eigenvalue weighted by Crippen LogP contribution is 2.22. The lowest BCUT2D eigenvalue weighted by atomic mass is 10.2. The first-order valence-corrected chi connectivity index (χ1v) is 8.98. The van der Waals surface area contributed by atoms with Crippen molar-refractivity contribution in [3.63, 3.8) is 0 Å². The van der Waals surface area contributed by atoms with Crippen LogP contribution in [0.4, 0.5) is 10.3 Å². The number of hydrogen-bond donors (Lipinski definition) is 1.